The maximum atomic E-state index is 13.4. The number of hydrogen-bond acceptors (Lipinski definition) is 2. The van der Waals surface area contributed by atoms with Gasteiger partial charge in [0.05, 0.1) is 10.7 Å². The van der Waals surface area contributed by atoms with Gasteiger partial charge < -0.3 is 10.4 Å². The zero-order chi connectivity index (χ0) is 15.6. The van der Waals surface area contributed by atoms with Crippen LogP contribution in [-0.4, -0.2) is 11.1 Å². The van der Waals surface area contributed by atoms with Gasteiger partial charge in [-0.2, -0.15) is 0 Å². The number of hydrogen-bond donors (Lipinski definition) is 2. The van der Waals surface area contributed by atoms with E-state index >= 15 is 0 Å². The Hall–Kier alpha value is -2.14. The minimum absolute atomic E-state index is 0.0776. The Balaban J connectivity index is 2.48. The van der Waals surface area contributed by atoms with E-state index in [1.54, 1.807) is 24.3 Å². The van der Waals surface area contributed by atoms with E-state index in [1.807, 2.05) is 0 Å². The van der Waals surface area contributed by atoms with E-state index in [9.17, 15) is 18.7 Å². The molecule has 0 spiro atoms. The molecule has 2 aromatic rings. The van der Waals surface area contributed by atoms with Crippen LogP contribution < -0.4 is 5.32 Å². The fourth-order valence-electron chi connectivity index (χ4n) is 1.89. The molecule has 1 atom stereocenters. The lowest BCUT2D eigenvalue weighted by Gasteiger charge is -2.28. The molecule has 0 aliphatic carbocycles. The highest BCUT2D eigenvalue weighted by Gasteiger charge is 2.36. The SMILES string of the molecule is CC(Nc1ccccc1Cl)(C(=O)O)c1ccc(F)c(F)c1. The molecule has 0 heterocycles. The molecule has 2 N–H and O–H groups in total. The van der Waals surface area contributed by atoms with Gasteiger partial charge in [-0.15, -0.1) is 0 Å². The number of carbonyl (C=O) groups is 1. The van der Waals surface area contributed by atoms with E-state index in [-0.39, 0.29) is 5.56 Å². The summed E-state index contributed by atoms with van der Waals surface area (Å²) in [5, 5.41) is 12.6. The molecule has 0 saturated carbocycles. The molecular weight excluding hydrogens is 300 g/mol. The summed E-state index contributed by atoms with van der Waals surface area (Å²) in [7, 11) is 0. The second-order valence-corrected chi connectivity index (χ2v) is 5.07. The topological polar surface area (TPSA) is 49.3 Å². The Bertz CT molecular complexity index is 693. The summed E-state index contributed by atoms with van der Waals surface area (Å²) in [6.45, 7) is 1.35. The Morgan fingerprint density at radius 1 is 1.19 bits per heavy atom. The van der Waals surface area contributed by atoms with Gasteiger partial charge in [0.25, 0.3) is 0 Å². The predicted octanol–water partition coefficient (Wildman–Crippen LogP) is 4.03. The van der Waals surface area contributed by atoms with Crippen LogP contribution in [0.4, 0.5) is 14.5 Å². The van der Waals surface area contributed by atoms with E-state index in [4.69, 9.17) is 11.6 Å². The lowest BCUT2D eigenvalue weighted by molar-refractivity contribution is -0.142. The predicted molar refractivity (Wildman–Crippen MR) is 76.4 cm³/mol. The first kappa shape index (κ1) is 15.3. The van der Waals surface area contributed by atoms with Crippen molar-refractivity contribution in [1.82, 2.24) is 0 Å². The van der Waals surface area contributed by atoms with Crippen LogP contribution in [0.25, 0.3) is 0 Å². The van der Waals surface area contributed by atoms with E-state index in [0.29, 0.717) is 10.7 Å². The van der Waals surface area contributed by atoms with Crippen LogP contribution in [0.5, 0.6) is 0 Å². The average molecular weight is 312 g/mol. The highest BCUT2D eigenvalue weighted by Crippen LogP contribution is 2.31. The second-order valence-electron chi connectivity index (χ2n) is 4.66. The van der Waals surface area contributed by atoms with Crippen molar-refractivity contribution in [3.63, 3.8) is 0 Å². The van der Waals surface area contributed by atoms with Gasteiger partial charge in [-0.25, -0.2) is 13.6 Å². The van der Waals surface area contributed by atoms with Gasteiger partial charge in [-0.1, -0.05) is 29.8 Å². The summed E-state index contributed by atoms with van der Waals surface area (Å²) < 4.78 is 26.4. The largest absolute Gasteiger partial charge is 0.479 e. The van der Waals surface area contributed by atoms with Crippen molar-refractivity contribution in [1.29, 1.82) is 0 Å². The van der Waals surface area contributed by atoms with Gasteiger partial charge in [0.1, 0.15) is 0 Å². The number of carboxylic acids is 1. The number of carboxylic acid groups (broad SMARTS) is 1. The zero-order valence-electron chi connectivity index (χ0n) is 11.0. The van der Waals surface area contributed by atoms with Gasteiger partial charge in [-0.3, -0.25) is 0 Å². The molecule has 0 radical (unpaired) electrons. The molecule has 2 rings (SSSR count). The molecule has 0 amide bonds. The number of para-hydroxylation sites is 1. The van der Waals surface area contributed by atoms with Crippen molar-refractivity contribution in [3.8, 4) is 0 Å². The molecular formula is C15H12ClF2NO2. The van der Waals surface area contributed by atoms with E-state index < -0.39 is 23.1 Å². The quantitative estimate of drug-likeness (QED) is 0.896. The maximum Gasteiger partial charge on any atom is 0.333 e. The van der Waals surface area contributed by atoms with Crippen LogP contribution in [0.2, 0.25) is 5.02 Å². The Labute approximate surface area is 125 Å². The first-order valence-corrected chi connectivity index (χ1v) is 6.44. The van der Waals surface area contributed by atoms with Crippen molar-refractivity contribution in [2.45, 2.75) is 12.5 Å². The van der Waals surface area contributed by atoms with Crippen molar-refractivity contribution in [3.05, 3.63) is 64.7 Å². The number of halogens is 3. The second kappa shape index (κ2) is 5.69. The minimum atomic E-state index is -1.65. The van der Waals surface area contributed by atoms with Crippen LogP contribution in [0.1, 0.15) is 12.5 Å². The monoisotopic (exact) mass is 311 g/mol. The fourth-order valence-corrected chi connectivity index (χ4v) is 2.07. The molecule has 0 aromatic heterocycles. The lowest BCUT2D eigenvalue weighted by Crippen LogP contribution is -2.40. The van der Waals surface area contributed by atoms with Crippen molar-refractivity contribution in [2.75, 3.05) is 5.32 Å². The molecule has 110 valence electrons. The van der Waals surface area contributed by atoms with Gasteiger partial charge in [0, 0.05) is 0 Å². The minimum Gasteiger partial charge on any atom is -0.479 e. The van der Waals surface area contributed by atoms with Crippen LogP contribution in [0.15, 0.2) is 42.5 Å². The van der Waals surface area contributed by atoms with Gasteiger partial charge >= 0.3 is 5.97 Å². The number of benzene rings is 2. The highest BCUT2D eigenvalue weighted by atomic mass is 35.5. The third-order valence-electron chi connectivity index (χ3n) is 3.18. The number of anilines is 1. The molecule has 1 unspecified atom stereocenters. The highest BCUT2D eigenvalue weighted by molar-refractivity contribution is 6.33. The summed E-state index contributed by atoms with van der Waals surface area (Å²) >= 11 is 5.99. The molecule has 0 saturated heterocycles. The molecule has 0 fully saturated rings. The van der Waals surface area contributed by atoms with Gasteiger partial charge in [0.2, 0.25) is 0 Å². The van der Waals surface area contributed by atoms with Gasteiger partial charge in [0.15, 0.2) is 17.2 Å². The Morgan fingerprint density at radius 3 is 2.43 bits per heavy atom. The summed E-state index contributed by atoms with van der Waals surface area (Å²) in [5.41, 5.74) is -1.19. The van der Waals surface area contributed by atoms with Crippen molar-refractivity contribution in [2.24, 2.45) is 0 Å². The number of rotatable bonds is 4. The third kappa shape index (κ3) is 2.97. The zero-order valence-corrected chi connectivity index (χ0v) is 11.8. The van der Waals surface area contributed by atoms with E-state index in [2.05, 4.69) is 5.32 Å². The molecule has 0 bridgehead atoms. The fraction of sp³-hybridized carbons (Fsp3) is 0.133. The molecule has 21 heavy (non-hydrogen) atoms. The van der Waals surface area contributed by atoms with Crippen LogP contribution in [0.3, 0.4) is 0 Å². The van der Waals surface area contributed by atoms with Crippen LogP contribution in [0, 0.1) is 11.6 Å². The molecule has 6 heteroatoms. The maximum absolute atomic E-state index is 13.4. The first-order valence-electron chi connectivity index (χ1n) is 6.06. The number of aliphatic carboxylic acids is 1. The summed E-state index contributed by atoms with van der Waals surface area (Å²) in [4.78, 5) is 11.6. The van der Waals surface area contributed by atoms with E-state index in [0.717, 1.165) is 12.1 Å². The van der Waals surface area contributed by atoms with Crippen molar-refractivity contribution < 1.29 is 18.7 Å². The standard InChI is InChI=1S/C15H12ClF2NO2/c1-15(14(20)21,9-6-7-11(17)12(18)8-9)19-13-5-3-2-4-10(13)16/h2-8,19H,1H3,(H,20,21). The van der Waals surface area contributed by atoms with Crippen molar-refractivity contribution >= 4 is 23.3 Å². The smallest absolute Gasteiger partial charge is 0.333 e. The number of nitrogens with one attached hydrogen (secondary N) is 1. The first-order chi connectivity index (χ1) is 9.84. The lowest BCUT2D eigenvalue weighted by atomic mass is 9.91. The average Bonchev–Trinajstić information content (AvgIpc) is 2.44. The van der Waals surface area contributed by atoms with Crippen LogP contribution in [-0.2, 0) is 10.3 Å². The summed E-state index contributed by atoms with van der Waals surface area (Å²) in [5.74, 6) is -3.39. The van der Waals surface area contributed by atoms with E-state index in [1.165, 1.54) is 13.0 Å². The molecule has 2 aromatic carbocycles. The summed E-state index contributed by atoms with van der Waals surface area (Å²) in [6.07, 6.45) is 0. The Kier molecular flexibility index (Phi) is 4.14. The third-order valence-corrected chi connectivity index (χ3v) is 3.51. The molecule has 3 nitrogen and oxygen atoms in total. The molecule has 0 aliphatic heterocycles. The Morgan fingerprint density at radius 2 is 1.86 bits per heavy atom. The molecule has 0 aliphatic rings. The summed E-state index contributed by atoms with van der Waals surface area (Å²) in [6, 6.07) is 9.54. The van der Waals surface area contributed by atoms with Crippen LogP contribution >= 0.6 is 11.6 Å². The normalized spacial score (nSPS) is 13.5. The van der Waals surface area contributed by atoms with Gasteiger partial charge in [-0.05, 0) is 36.8 Å².